The molecule has 0 spiro atoms. The summed E-state index contributed by atoms with van der Waals surface area (Å²) < 4.78 is 0. The summed E-state index contributed by atoms with van der Waals surface area (Å²) in [5.41, 5.74) is 2.34. The summed E-state index contributed by atoms with van der Waals surface area (Å²) in [6.07, 6.45) is 1.72. The van der Waals surface area contributed by atoms with Gasteiger partial charge < -0.3 is 10.4 Å². The van der Waals surface area contributed by atoms with Gasteiger partial charge in [-0.05, 0) is 60.2 Å². The number of amidine groups is 1. The Morgan fingerprint density at radius 2 is 2.04 bits per heavy atom. The second-order valence-corrected chi connectivity index (χ2v) is 6.40. The molecule has 1 saturated heterocycles. The first-order valence-corrected chi connectivity index (χ1v) is 8.06. The number of benzene rings is 2. The molecule has 0 saturated carbocycles. The Balaban J connectivity index is 1.88. The molecule has 0 aliphatic carbocycles. The number of nitrogens with zero attached hydrogens (tertiary/aromatic N) is 1. The summed E-state index contributed by atoms with van der Waals surface area (Å²) in [5, 5.41) is 13.4. The van der Waals surface area contributed by atoms with Crippen LogP contribution in [0.2, 0.25) is 5.02 Å². The maximum atomic E-state index is 12.0. The molecule has 1 fully saturated rings. The molecular weight excluding hydrogens is 332 g/mol. The van der Waals surface area contributed by atoms with E-state index in [0.29, 0.717) is 15.1 Å². The number of nitrogens with one attached hydrogen (secondary N) is 1. The van der Waals surface area contributed by atoms with Crippen LogP contribution in [0.25, 0.3) is 6.08 Å². The number of thioether (sulfide) groups is 1. The van der Waals surface area contributed by atoms with Crippen LogP contribution in [0.1, 0.15) is 11.1 Å². The highest BCUT2D eigenvalue weighted by Crippen LogP contribution is 2.31. The van der Waals surface area contributed by atoms with E-state index in [1.165, 1.54) is 11.8 Å². The van der Waals surface area contributed by atoms with Gasteiger partial charge in [-0.3, -0.25) is 4.79 Å². The minimum Gasteiger partial charge on any atom is -0.508 e. The van der Waals surface area contributed by atoms with Gasteiger partial charge in [0.1, 0.15) is 5.75 Å². The summed E-state index contributed by atoms with van der Waals surface area (Å²) >= 11 is 7.33. The molecule has 0 radical (unpaired) electrons. The van der Waals surface area contributed by atoms with E-state index in [4.69, 9.17) is 11.6 Å². The first-order chi connectivity index (χ1) is 11.0. The van der Waals surface area contributed by atoms with Crippen LogP contribution in [0.4, 0.5) is 5.69 Å². The number of carbonyl (C=O) groups is 1. The topological polar surface area (TPSA) is 61.7 Å². The van der Waals surface area contributed by atoms with Crippen molar-refractivity contribution >= 4 is 46.2 Å². The third-order valence-electron chi connectivity index (χ3n) is 3.28. The van der Waals surface area contributed by atoms with Crippen molar-refractivity contribution < 1.29 is 9.90 Å². The third kappa shape index (κ3) is 3.57. The molecule has 2 aromatic rings. The number of hydrogen-bond acceptors (Lipinski definition) is 4. The number of phenols is 1. The van der Waals surface area contributed by atoms with Gasteiger partial charge in [0, 0.05) is 5.02 Å². The molecule has 3 rings (SSSR count). The zero-order valence-electron chi connectivity index (χ0n) is 12.2. The molecule has 23 heavy (non-hydrogen) atoms. The molecule has 1 aliphatic heterocycles. The van der Waals surface area contributed by atoms with Gasteiger partial charge in [-0.25, -0.2) is 4.99 Å². The Hall–Kier alpha value is -2.24. The molecule has 1 heterocycles. The fraction of sp³-hybridized carbons (Fsp3) is 0.0588. The highest BCUT2D eigenvalue weighted by molar-refractivity contribution is 8.18. The van der Waals surface area contributed by atoms with Crippen LogP contribution in [0.3, 0.4) is 0 Å². The first-order valence-electron chi connectivity index (χ1n) is 6.86. The molecule has 0 aromatic heterocycles. The van der Waals surface area contributed by atoms with Gasteiger partial charge >= 0.3 is 0 Å². The van der Waals surface area contributed by atoms with Crippen molar-refractivity contribution in [2.45, 2.75) is 6.92 Å². The Morgan fingerprint density at radius 1 is 1.26 bits per heavy atom. The number of hydrogen-bond donors (Lipinski definition) is 2. The van der Waals surface area contributed by atoms with Gasteiger partial charge in [-0.2, -0.15) is 0 Å². The first kappa shape index (κ1) is 15.6. The lowest BCUT2D eigenvalue weighted by molar-refractivity contribution is -0.115. The van der Waals surface area contributed by atoms with Crippen molar-refractivity contribution in [3.8, 4) is 5.75 Å². The van der Waals surface area contributed by atoms with Crippen molar-refractivity contribution in [2.75, 3.05) is 0 Å². The molecule has 2 aromatic carbocycles. The van der Waals surface area contributed by atoms with E-state index in [1.807, 2.05) is 25.1 Å². The lowest BCUT2D eigenvalue weighted by atomic mass is 10.2. The largest absolute Gasteiger partial charge is 0.508 e. The number of halogens is 1. The van der Waals surface area contributed by atoms with Gasteiger partial charge in [0.2, 0.25) is 0 Å². The quantitative estimate of drug-likeness (QED) is 0.801. The van der Waals surface area contributed by atoms with Gasteiger partial charge in [0.05, 0.1) is 10.6 Å². The number of carbonyl (C=O) groups excluding carboxylic acids is 1. The molecule has 1 aliphatic rings. The number of rotatable bonds is 2. The monoisotopic (exact) mass is 344 g/mol. The highest BCUT2D eigenvalue weighted by Gasteiger charge is 2.24. The summed E-state index contributed by atoms with van der Waals surface area (Å²) in [4.78, 5) is 17.0. The van der Waals surface area contributed by atoms with E-state index in [-0.39, 0.29) is 11.7 Å². The number of amides is 1. The van der Waals surface area contributed by atoms with E-state index in [0.717, 1.165) is 16.8 Å². The summed E-state index contributed by atoms with van der Waals surface area (Å²) in [6.45, 7) is 1.88. The Kier molecular flexibility index (Phi) is 4.41. The Bertz CT molecular complexity index is 846. The summed E-state index contributed by atoms with van der Waals surface area (Å²) in [6, 6.07) is 12.2. The van der Waals surface area contributed by atoms with Crippen LogP contribution < -0.4 is 5.32 Å². The highest BCUT2D eigenvalue weighted by atomic mass is 35.5. The third-order valence-corrected chi connectivity index (χ3v) is 4.60. The molecule has 6 heteroatoms. The SMILES string of the molecule is Cc1c(Cl)cccc1N=C1NC(=O)C(=Cc2cccc(O)c2)S1. The van der Waals surface area contributed by atoms with Crippen LogP contribution in [-0.4, -0.2) is 16.2 Å². The van der Waals surface area contributed by atoms with E-state index in [1.54, 1.807) is 30.3 Å². The van der Waals surface area contributed by atoms with Crippen molar-refractivity contribution in [1.29, 1.82) is 0 Å². The summed E-state index contributed by atoms with van der Waals surface area (Å²) in [5.74, 6) is -0.0528. The van der Waals surface area contributed by atoms with E-state index in [2.05, 4.69) is 10.3 Å². The van der Waals surface area contributed by atoms with Gasteiger partial charge in [-0.1, -0.05) is 29.8 Å². The van der Waals surface area contributed by atoms with Gasteiger partial charge in [0.25, 0.3) is 5.91 Å². The normalized spacial score (nSPS) is 17.7. The Morgan fingerprint density at radius 3 is 2.83 bits per heavy atom. The van der Waals surface area contributed by atoms with E-state index >= 15 is 0 Å². The summed E-state index contributed by atoms with van der Waals surface area (Å²) in [7, 11) is 0. The van der Waals surface area contributed by atoms with Crippen LogP contribution >= 0.6 is 23.4 Å². The number of phenolic OH excluding ortho intramolecular Hbond substituents is 1. The molecular formula is C17H13ClN2O2S. The second kappa shape index (κ2) is 6.48. The van der Waals surface area contributed by atoms with Crippen LogP contribution in [0.15, 0.2) is 52.4 Å². The zero-order chi connectivity index (χ0) is 16.4. The maximum Gasteiger partial charge on any atom is 0.264 e. The van der Waals surface area contributed by atoms with Crippen molar-refractivity contribution in [1.82, 2.24) is 5.32 Å². The molecule has 0 unspecified atom stereocenters. The average Bonchev–Trinajstić information content (AvgIpc) is 2.84. The average molecular weight is 345 g/mol. The van der Waals surface area contributed by atoms with Crippen LogP contribution in [-0.2, 0) is 4.79 Å². The van der Waals surface area contributed by atoms with Gasteiger partial charge in [-0.15, -0.1) is 0 Å². The van der Waals surface area contributed by atoms with E-state index in [9.17, 15) is 9.90 Å². The molecule has 0 atom stereocenters. The molecule has 116 valence electrons. The lowest BCUT2D eigenvalue weighted by Crippen LogP contribution is -2.19. The van der Waals surface area contributed by atoms with Gasteiger partial charge in [0.15, 0.2) is 5.17 Å². The molecule has 4 nitrogen and oxygen atoms in total. The van der Waals surface area contributed by atoms with E-state index < -0.39 is 0 Å². The molecule has 2 N–H and O–H groups in total. The Labute approximate surface area is 142 Å². The van der Waals surface area contributed by atoms with Crippen LogP contribution in [0, 0.1) is 6.92 Å². The van der Waals surface area contributed by atoms with Crippen molar-refractivity contribution in [2.24, 2.45) is 4.99 Å². The predicted molar refractivity (Wildman–Crippen MR) is 95.1 cm³/mol. The fourth-order valence-corrected chi connectivity index (χ4v) is 3.08. The standard InChI is InChI=1S/C17H13ClN2O2S/c1-10-13(18)6-3-7-14(10)19-17-20-16(22)15(23-17)9-11-4-2-5-12(21)8-11/h2-9,21H,1H3,(H,19,20,22). The van der Waals surface area contributed by atoms with Crippen molar-refractivity contribution in [3.05, 3.63) is 63.5 Å². The number of aromatic hydroxyl groups is 1. The van der Waals surface area contributed by atoms with Crippen LogP contribution in [0.5, 0.6) is 5.75 Å². The molecule has 0 bridgehead atoms. The minimum atomic E-state index is -0.211. The maximum absolute atomic E-state index is 12.0. The second-order valence-electron chi connectivity index (χ2n) is 4.96. The fourth-order valence-electron chi connectivity index (χ4n) is 2.07. The van der Waals surface area contributed by atoms with Crippen molar-refractivity contribution in [3.63, 3.8) is 0 Å². The molecule has 1 amide bonds. The minimum absolute atomic E-state index is 0.159. The zero-order valence-corrected chi connectivity index (χ0v) is 13.8. The smallest absolute Gasteiger partial charge is 0.264 e. The predicted octanol–water partition coefficient (Wildman–Crippen LogP) is 4.25. The number of aliphatic imine (C=N–C) groups is 1. The lowest BCUT2D eigenvalue weighted by Gasteiger charge is -2.02.